The smallest absolute Gasteiger partial charge is 0.231 e. The summed E-state index contributed by atoms with van der Waals surface area (Å²) in [5.41, 5.74) is 2.69. The molecule has 4 rings (SSSR count). The maximum atomic E-state index is 12.4. The van der Waals surface area contributed by atoms with Crippen LogP contribution in [0.25, 0.3) is 10.9 Å². The van der Waals surface area contributed by atoms with Gasteiger partial charge in [-0.3, -0.25) is 9.78 Å². The Morgan fingerprint density at radius 2 is 1.91 bits per heavy atom. The Hall–Kier alpha value is -2.88. The molecule has 2 heterocycles. The lowest BCUT2D eigenvalue weighted by molar-refractivity contribution is 0.0982. The maximum Gasteiger partial charge on any atom is 0.231 e. The number of rotatable bonds is 4. The molecule has 0 N–H and O–H groups in total. The highest BCUT2D eigenvalue weighted by molar-refractivity contribution is 5.96. The minimum absolute atomic E-state index is 0.0939. The highest BCUT2D eigenvalue weighted by Gasteiger charge is 2.16. The van der Waals surface area contributed by atoms with Crippen LogP contribution in [0, 0.1) is 0 Å². The lowest BCUT2D eigenvalue weighted by atomic mass is 10.0. The summed E-state index contributed by atoms with van der Waals surface area (Å²) in [6.45, 7) is 0.218. The molecule has 0 aliphatic carbocycles. The van der Waals surface area contributed by atoms with Crippen molar-refractivity contribution < 1.29 is 14.3 Å². The Kier molecular flexibility index (Phi) is 3.42. The molecule has 1 aromatic heterocycles. The largest absolute Gasteiger partial charge is 0.454 e. The molecule has 0 radical (unpaired) electrons. The molecule has 4 nitrogen and oxygen atoms in total. The van der Waals surface area contributed by atoms with E-state index in [0.717, 1.165) is 16.5 Å². The fourth-order valence-corrected chi connectivity index (χ4v) is 2.73. The average Bonchev–Trinajstić information content (AvgIpc) is 3.07. The molecular weight excluding hydrogens is 290 g/mol. The number of Topliss-reactive ketones (excluding diaryl/α,β-unsaturated/α-hetero) is 1. The predicted octanol–water partition coefficient (Wildman–Crippen LogP) is 3.78. The van der Waals surface area contributed by atoms with Gasteiger partial charge in [0.15, 0.2) is 17.3 Å². The number of carbonyl (C=O) groups is 1. The molecule has 0 atom stereocenters. The summed E-state index contributed by atoms with van der Waals surface area (Å²) in [7, 11) is 0. The van der Waals surface area contributed by atoms with Gasteiger partial charge in [-0.25, -0.2) is 0 Å². The fraction of sp³-hybridized carbons (Fsp3) is 0.158. The molecule has 0 spiro atoms. The number of ether oxygens (including phenoxy) is 2. The lowest BCUT2D eigenvalue weighted by Gasteiger charge is -2.04. The van der Waals surface area contributed by atoms with Gasteiger partial charge >= 0.3 is 0 Å². The maximum absolute atomic E-state index is 12.4. The van der Waals surface area contributed by atoms with Crippen molar-refractivity contribution in [1.29, 1.82) is 0 Å². The minimum Gasteiger partial charge on any atom is -0.454 e. The van der Waals surface area contributed by atoms with Gasteiger partial charge < -0.3 is 9.47 Å². The Bertz CT molecular complexity index is 889. The van der Waals surface area contributed by atoms with Gasteiger partial charge in [-0.05, 0) is 42.3 Å². The SMILES string of the molecule is O=C(CCc1cnc2ccccc2c1)c1ccc2c(c1)OCO2. The van der Waals surface area contributed by atoms with Crippen LogP contribution in [0.5, 0.6) is 11.5 Å². The van der Waals surface area contributed by atoms with Crippen molar-refractivity contribution in [3.05, 3.63) is 65.9 Å². The molecule has 0 fully saturated rings. The third kappa shape index (κ3) is 2.75. The van der Waals surface area contributed by atoms with Crippen LogP contribution in [0.1, 0.15) is 22.3 Å². The standard InChI is InChI=1S/C19H15NO3/c21-17(15-6-8-18-19(10-15)23-12-22-18)7-5-13-9-14-3-1-2-4-16(14)20-11-13/h1-4,6,8-11H,5,7,12H2. The van der Waals surface area contributed by atoms with E-state index in [-0.39, 0.29) is 12.6 Å². The summed E-state index contributed by atoms with van der Waals surface area (Å²) in [5.74, 6) is 1.43. The van der Waals surface area contributed by atoms with Crippen molar-refractivity contribution in [2.24, 2.45) is 0 Å². The van der Waals surface area contributed by atoms with Crippen LogP contribution < -0.4 is 9.47 Å². The van der Waals surface area contributed by atoms with Crippen molar-refractivity contribution in [1.82, 2.24) is 4.98 Å². The number of ketones is 1. The zero-order valence-electron chi connectivity index (χ0n) is 12.5. The van der Waals surface area contributed by atoms with Gasteiger partial charge in [-0.1, -0.05) is 18.2 Å². The second-order valence-corrected chi connectivity index (χ2v) is 5.53. The molecule has 0 unspecified atom stereocenters. The number of carbonyl (C=O) groups excluding carboxylic acids is 1. The van der Waals surface area contributed by atoms with E-state index in [1.165, 1.54) is 0 Å². The molecule has 23 heavy (non-hydrogen) atoms. The zero-order chi connectivity index (χ0) is 15.6. The van der Waals surface area contributed by atoms with Crippen molar-refractivity contribution in [2.45, 2.75) is 12.8 Å². The van der Waals surface area contributed by atoms with E-state index in [1.807, 2.05) is 30.5 Å². The Balaban J connectivity index is 1.48. The number of fused-ring (bicyclic) bond motifs is 2. The number of hydrogen-bond acceptors (Lipinski definition) is 4. The Labute approximate surface area is 133 Å². The van der Waals surface area contributed by atoms with Gasteiger partial charge in [0.05, 0.1) is 5.52 Å². The predicted molar refractivity (Wildman–Crippen MR) is 87.0 cm³/mol. The minimum atomic E-state index is 0.0939. The van der Waals surface area contributed by atoms with Gasteiger partial charge in [-0.15, -0.1) is 0 Å². The van der Waals surface area contributed by atoms with Gasteiger partial charge in [0, 0.05) is 23.6 Å². The Morgan fingerprint density at radius 1 is 1.04 bits per heavy atom. The van der Waals surface area contributed by atoms with Crippen molar-refractivity contribution in [3.8, 4) is 11.5 Å². The fourth-order valence-electron chi connectivity index (χ4n) is 2.73. The monoisotopic (exact) mass is 305 g/mol. The van der Waals surface area contributed by atoms with Crippen LogP contribution in [0.15, 0.2) is 54.7 Å². The van der Waals surface area contributed by atoms with E-state index >= 15 is 0 Å². The van der Waals surface area contributed by atoms with E-state index in [0.29, 0.717) is 29.9 Å². The molecule has 4 heteroatoms. The highest BCUT2D eigenvalue weighted by Crippen LogP contribution is 2.32. The van der Waals surface area contributed by atoms with Crippen molar-refractivity contribution in [2.75, 3.05) is 6.79 Å². The first-order valence-corrected chi connectivity index (χ1v) is 7.56. The molecule has 2 aromatic carbocycles. The van der Waals surface area contributed by atoms with Gasteiger partial charge in [0.25, 0.3) is 0 Å². The quantitative estimate of drug-likeness (QED) is 0.688. The second kappa shape index (κ2) is 5.72. The molecule has 1 aliphatic rings. The van der Waals surface area contributed by atoms with Crippen LogP contribution in [0.3, 0.4) is 0 Å². The molecule has 0 amide bonds. The third-order valence-corrected chi connectivity index (χ3v) is 3.98. The summed E-state index contributed by atoms with van der Waals surface area (Å²) < 4.78 is 10.6. The van der Waals surface area contributed by atoms with Crippen LogP contribution in [-0.4, -0.2) is 17.6 Å². The van der Waals surface area contributed by atoms with E-state index < -0.39 is 0 Å². The molecule has 3 aromatic rings. The van der Waals surface area contributed by atoms with Crippen LogP contribution in [0.4, 0.5) is 0 Å². The third-order valence-electron chi connectivity index (χ3n) is 3.98. The number of para-hydroxylation sites is 1. The van der Waals surface area contributed by atoms with Crippen LogP contribution in [-0.2, 0) is 6.42 Å². The summed E-state index contributed by atoms with van der Waals surface area (Å²) in [4.78, 5) is 16.8. The average molecular weight is 305 g/mol. The number of benzene rings is 2. The number of pyridine rings is 1. The summed E-state index contributed by atoms with van der Waals surface area (Å²) >= 11 is 0. The van der Waals surface area contributed by atoms with E-state index in [9.17, 15) is 4.79 Å². The van der Waals surface area contributed by atoms with E-state index in [4.69, 9.17) is 9.47 Å². The molecule has 0 saturated heterocycles. The first-order chi connectivity index (χ1) is 11.3. The number of aryl methyl sites for hydroxylation is 1. The molecule has 1 aliphatic heterocycles. The molecule has 0 bridgehead atoms. The highest BCUT2D eigenvalue weighted by atomic mass is 16.7. The molecule has 0 saturated carbocycles. The normalized spacial score (nSPS) is 12.5. The number of hydrogen-bond donors (Lipinski definition) is 0. The molecule has 114 valence electrons. The first-order valence-electron chi connectivity index (χ1n) is 7.56. The van der Waals surface area contributed by atoms with Crippen molar-refractivity contribution in [3.63, 3.8) is 0 Å². The topological polar surface area (TPSA) is 48.4 Å². The van der Waals surface area contributed by atoms with Crippen LogP contribution in [0.2, 0.25) is 0 Å². The molecular formula is C19H15NO3. The zero-order valence-corrected chi connectivity index (χ0v) is 12.5. The summed E-state index contributed by atoms with van der Waals surface area (Å²) in [6, 6.07) is 15.4. The number of nitrogens with zero attached hydrogens (tertiary/aromatic N) is 1. The van der Waals surface area contributed by atoms with Crippen LogP contribution >= 0.6 is 0 Å². The summed E-state index contributed by atoms with van der Waals surface area (Å²) in [6.07, 6.45) is 2.96. The summed E-state index contributed by atoms with van der Waals surface area (Å²) in [5, 5.41) is 1.10. The second-order valence-electron chi connectivity index (χ2n) is 5.53. The Morgan fingerprint density at radius 3 is 2.87 bits per heavy atom. The van der Waals surface area contributed by atoms with Crippen molar-refractivity contribution >= 4 is 16.7 Å². The van der Waals surface area contributed by atoms with E-state index in [2.05, 4.69) is 11.1 Å². The lowest BCUT2D eigenvalue weighted by Crippen LogP contribution is -2.01. The van der Waals surface area contributed by atoms with E-state index in [1.54, 1.807) is 18.2 Å². The number of aromatic nitrogens is 1. The van der Waals surface area contributed by atoms with Gasteiger partial charge in [-0.2, -0.15) is 0 Å². The van der Waals surface area contributed by atoms with Gasteiger partial charge in [0.1, 0.15) is 0 Å². The van der Waals surface area contributed by atoms with Gasteiger partial charge in [0.2, 0.25) is 6.79 Å². The first kappa shape index (κ1) is 13.8.